The Bertz CT molecular complexity index is 795. The van der Waals surface area contributed by atoms with E-state index in [4.69, 9.17) is 4.99 Å². The van der Waals surface area contributed by atoms with Crippen LogP contribution in [0.3, 0.4) is 0 Å². The van der Waals surface area contributed by atoms with Crippen molar-refractivity contribution in [2.75, 3.05) is 58.2 Å². The van der Waals surface area contributed by atoms with Gasteiger partial charge in [0.2, 0.25) is 5.91 Å². The Balaban J connectivity index is 1.45. The van der Waals surface area contributed by atoms with E-state index < -0.39 is 0 Å². The van der Waals surface area contributed by atoms with Gasteiger partial charge >= 0.3 is 0 Å². The van der Waals surface area contributed by atoms with E-state index >= 15 is 0 Å². The van der Waals surface area contributed by atoms with Gasteiger partial charge in [0.25, 0.3) is 0 Å². The Morgan fingerprint density at radius 3 is 2.62 bits per heavy atom. The van der Waals surface area contributed by atoms with Gasteiger partial charge < -0.3 is 20.9 Å². The standard InChI is InChI=1S/C25H40N6O/c1-3-26-24(27-18-20-17-23(32)29-22-10-6-5-9-21(20)22)28-19-25(11-15-30(2)16-12-25)31-13-7-4-8-14-31/h5-6,9-10,20H,3-4,7-8,11-19H2,1-2H3,(H,29,32)(H2,26,27,28). The van der Waals surface area contributed by atoms with Crippen LogP contribution in [0.25, 0.3) is 0 Å². The molecule has 3 aliphatic rings. The molecule has 3 heterocycles. The molecule has 0 saturated carbocycles. The molecular formula is C25H40N6O. The number of para-hydroxylation sites is 1. The number of hydrogen-bond acceptors (Lipinski definition) is 4. The Kier molecular flexibility index (Phi) is 7.68. The average Bonchev–Trinajstić information content (AvgIpc) is 2.82. The van der Waals surface area contributed by atoms with Crippen molar-refractivity contribution in [1.82, 2.24) is 20.4 Å². The number of fused-ring (bicyclic) bond motifs is 1. The first-order valence-electron chi connectivity index (χ1n) is 12.4. The number of anilines is 1. The predicted molar refractivity (Wildman–Crippen MR) is 131 cm³/mol. The molecule has 3 aliphatic heterocycles. The third-order valence-corrected chi connectivity index (χ3v) is 7.44. The van der Waals surface area contributed by atoms with Gasteiger partial charge in [0.15, 0.2) is 5.96 Å². The summed E-state index contributed by atoms with van der Waals surface area (Å²) in [6.45, 7) is 9.17. The van der Waals surface area contributed by atoms with Crippen molar-refractivity contribution >= 4 is 17.6 Å². The quantitative estimate of drug-likeness (QED) is 0.469. The fourth-order valence-electron chi connectivity index (χ4n) is 5.45. The van der Waals surface area contributed by atoms with Crippen molar-refractivity contribution in [3.8, 4) is 0 Å². The van der Waals surface area contributed by atoms with Crippen LogP contribution < -0.4 is 16.0 Å². The lowest BCUT2D eigenvalue weighted by atomic mass is 9.84. The molecule has 7 heteroatoms. The number of amides is 1. The second-order valence-corrected chi connectivity index (χ2v) is 9.69. The van der Waals surface area contributed by atoms with Gasteiger partial charge in [0.1, 0.15) is 0 Å². The van der Waals surface area contributed by atoms with Crippen LogP contribution in [-0.2, 0) is 4.79 Å². The lowest BCUT2D eigenvalue weighted by Crippen LogP contribution is -2.58. The number of carbonyl (C=O) groups excluding carboxylic acids is 1. The third kappa shape index (κ3) is 5.44. The summed E-state index contributed by atoms with van der Waals surface area (Å²) < 4.78 is 0. The highest BCUT2D eigenvalue weighted by molar-refractivity contribution is 5.94. The van der Waals surface area contributed by atoms with Crippen molar-refractivity contribution in [1.29, 1.82) is 0 Å². The molecule has 7 nitrogen and oxygen atoms in total. The zero-order valence-electron chi connectivity index (χ0n) is 19.8. The zero-order valence-corrected chi connectivity index (χ0v) is 19.8. The van der Waals surface area contributed by atoms with Gasteiger partial charge in [-0.3, -0.25) is 14.7 Å². The molecule has 1 aromatic rings. The van der Waals surface area contributed by atoms with Gasteiger partial charge in [-0.25, -0.2) is 0 Å². The number of nitrogens with zero attached hydrogens (tertiary/aromatic N) is 3. The number of rotatable bonds is 6. The maximum Gasteiger partial charge on any atom is 0.225 e. The fraction of sp³-hybridized carbons (Fsp3) is 0.680. The topological polar surface area (TPSA) is 72.0 Å². The Hall–Kier alpha value is -2.12. The maximum absolute atomic E-state index is 12.2. The molecule has 2 saturated heterocycles. The van der Waals surface area contributed by atoms with Crippen LogP contribution in [-0.4, -0.2) is 80.1 Å². The Morgan fingerprint density at radius 1 is 1.12 bits per heavy atom. The number of hydrogen-bond donors (Lipinski definition) is 3. The van der Waals surface area contributed by atoms with Crippen LogP contribution in [0.2, 0.25) is 0 Å². The van der Waals surface area contributed by atoms with E-state index in [0.29, 0.717) is 13.0 Å². The molecule has 1 unspecified atom stereocenters. The second-order valence-electron chi connectivity index (χ2n) is 9.69. The Morgan fingerprint density at radius 2 is 1.88 bits per heavy atom. The summed E-state index contributed by atoms with van der Waals surface area (Å²) in [5, 5.41) is 9.98. The van der Waals surface area contributed by atoms with Crippen LogP contribution in [0.1, 0.15) is 56.9 Å². The van der Waals surface area contributed by atoms with Crippen LogP contribution in [0.15, 0.2) is 29.3 Å². The molecule has 32 heavy (non-hydrogen) atoms. The van der Waals surface area contributed by atoms with E-state index in [2.05, 4.69) is 45.8 Å². The molecular weight excluding hydrogens is 400 g/mol. The summed E-state index contributed by atoms with van der Waals surface area (Å²) in [7, 11) is 2.23. The van der Waals surface area contributed by atoms with Gasteiger partial charge in [0, 0.05) is 36.7 Å². The van der Waals surface area contributed by atoms with Gasteiger partial charge in [-0.1, -0.05) is 24.6 Å². The van der Waals surface area contributed by atoms with E-state index in [0.717, 1.165) is 37.8 Å². The summed E-state index contributed by atoms with van der Waals surface area (Å²) in [4.78, 5) is 22.5. The van der Waals surface area contributed by atoms with Gasteiger partial charge in [-0.05, 0) is 77.5 Å². The molecule has 1 aromatic carbocycles. The summed E-state index contributed by atoms with van der Waals surface area (Å²) in [6.07, 6.45) is 6.85. The number of likely N-dealkylation sites (tertiary alicyclic amines) is 2. The first kappa shape index (κ1) is 23.1. The van der Waals surface area contributed by atoms with Crippen molar-refractivity contribution in [2.45, 2.75) is 56.9 Å². The molecule has 0 bridgehead atoms. The minimum absolute atomic E-state index is 0.0906. The molecule has 3 N–H and O–H groups in total. The average molecular weight is 441 g/mol. The second kappa shape index (κ2) is 10.7. The van der Waals surface area contributed by atoms with E-state index in [1.54, 1.807) is 0 Å². The molecule has 176 valence electrons. The van der Waals surface area contributed by atoms with E-state index in [9.17, 15) is 4.79 Å². The highest BCUT2D eigenvalue weighted by Gasteiger charge is 2.39. The predicted octanol–water partition coefficient (Wildman–Crippen LogP) is 2.62. The van der Waals surface area contributed by atoms with Gasteiger partial charge in [-0.2, -0.15) is 0 Å². The molecule has 0 aromatic heterocycles. The normalized spacial score (nSPS) is 24.5. The molecule has 1 atom stereocenters. The highest BCUT2D eigenvalue weighted by atomic mass is 16.1. The minimum Gasteiger partial charge on any atom is -0.357 e. The number of aliphatic imine (C=N–C) groups is 1. The van der Waals surface area contributed by atoms with Crippen LogP contribution in [0.4, 0.5) is 5.69 Å². The van der Waals surface area contributed by atoms with Gasteiger partial charge in [0.05, 0.1) is 6.54 Å². The van der Waals surface area contributed by atoms with Crippen molar-refractivity contribution in [2.24, 2.45) is 4.99 Å². The zero-order chi connectivity index (χ0) is 22.4. The number of piperidine rings is 2. The summed E-state index contributed by atoms with van der Waals surface area (Å²) in [6, 6.07) is 8.13. The van der Waals surface area contributed by atoms with Crippen LogP contribution in [0, 0.1) is 0 Å². The number of guanidine groups is 1. The number of benzene rings is 1. The molecule has 1 amide bonds. The fourth-order valence-corrected chi connectivity index (χ4v) is 5.45. The maximum atomic E-state index is 12.2. The van der Waals surface area contributed by atoms with Crippen molar-refractivity contribution < 1.29 is 4.79 Å². The SMILES string of the molecule is CCNC(=NCC1(N2CCCCC2)CCN(C)CC1)NCC1CC(=O)Nc2ccccc21. The third-order valence-electron chi connectivity index (χ3n) is 7.44. The van der Waals surface area contributed by atoms with Crippen LogP contribution in [0.5, 0.6) is 0 Å². The molecule has 4 rings (SSSR count). The summed E-state index contributed by atoms with van der Waals surface area (Å²) in [5.74, 6) is 1.11. The largest absolute Gasteiger partial charge is 0.357 e. The molecule has 0 radical (unpaired) electrons. The first-order chi connectivity index (χ1) is 15.6. The lowest BCUT2D eigenvalue weighted by molar-refractivity contribution is -0.116. The summed E-state index contributed by atoms with van der Waals surface area (Å²) in [5.41, 5.74) is 2.32. The van der Waals surface area contributed by atoms with E-state index in [-0.39, 0.29) is 17.4 Å². The lowest BCUT2D eigenvalue weighted by Gasteiger charge is -2.49. The van der Waals surface area contributed by atoms with Crippen LogP contribution >= 0.6 is 0 Å². The van der Waals surface area contributed by atoms with Crippen molar-refractivity contribution in [3.63, 3.8) is 0 Å². The number of nitrogens with one attached hydrogen (secondary N) is 3. The summed E-state index contributed by atoms with van der Waals surface area (Å²) >= 11 is 0. The molecule has 2 fully saturated rings. The number of carbonyl (C=O) groups is 1. The van der Waals surface area contributed by atoms with E-state index in [1.165, 1.54) is 50.8 Å². The van der Waals surface area contributed by atoms with E-state index in [1.807, 2.05) is 18.2 Å². The van der Waals surface area contributed by atoms with Crippen molar-refractivity contribution in [3.05, 3.63) is 29.8 Å². The molecule has 0 spiro atoms. The van der Waals surface area contributed by atoms with Gasteiger partial charge in [-0.15, -0.1) is 0 Å². The minimum atomic E-state index is 0.0906. The highest BCUT2D eigenvalue weighted by Crippen LogP contribution is 2.33. The molecule has 0 aliphatic carbocycles. The smallest absolute Gasteiger partial charge is 0.225 e. The monoisotopic (exact) mass is 440 g/mol. The first-order valence-corrected chi connectivity index (χ1v) is 12.4. The Labute approximate surface area is 193 Å².